The highest BCUT2D eigenvalue weighted by Gasteiger charge is 2.18. The van der Waals surface area contributed by atoms with Crippen LogP contribution in [0.3, 0.4) is 0 Å². The van der Waals surface area contributed by atoms with E-state index in [1.54, 1.807) is 48.7 Å². The summed E-state index contributed by atoms with van der Waals surface area (Å²) in [6.45, 7) is 3.77. The Bertz CT molecular complexity index is 1480. The number of hydrogen-bond acceptors (Lipinski definition) is 5. The Morgan fingerprint density at radius 2 is 1.85 bits per heavy atom. The number of carbonyl (C=O) groups is 1. The van der Waals surface area contributed by atoms with Crippen LogP contribution in [0.2, 0.25) is 0 Å². The number of fused-ring (bicyclic) bond motifs is 1. The maximum Gasteiger partial charge on any atom is 0.269 e. The highest BCUT2D eigenvalue weighted by molar-refractivity contribution is 6.10. The standard InChI is InChI=1S/C26H20N4O3/c1-17-11-12-18(2)22(14-17)28-24(31)19(16-27)15-21-25(33-20-8-4-3-5-9-20)29-23-10-6-7-13-30(23)26(21)32/h3-15H,1-2H3,(H,28,31)/b19-15-. The Hall–Kier alpha value is -4.70. The number of amides is 1. The number of hydrogen-bond donors (Lipinski definition) is 1. The van der Waals surface area contributed by atoms with E-state index in [-0.39, 0.29) is 17.0 Å². The lowest BCUT2D eigenvalue weighted by molar-refractivity contribution is -0.112. The van der Waals surface area contributed by atoms with E-state index in [2.05, 4.69) is 10.3 Å². The summed E-state index contributed by atoms with van der Waals surface area (Å²) < 4.78 is 7.20. The van der Waals surface area contributed by atoms with Gasteiger partial charge in [-0.3, -0.25) is 14.0 Å². The largest absolute Gasteiger partial charge is 0.438 e. The first-order valence-corrected chi connectivity index (χ1v) is 10.2. The summed E-state index contributed by atoms with van der Waals surface area (Å²) in [6, 6.07) is 21.5. The monoisotopic (exact) mass is 436 g/mol. The summed E-state index contributed by atoms with van der Waals surface area (Å²) in [5.74, 6) is -0.156. The van der Waals surface area contributed by atoms with Crippen LogP contribution in [0.4, 0.5) is 5.69 Å². The fourth-order valence-corrected chi connectivity index (χ4v) is 3.24. The quantitative estimate of drug-likeness (QED) is 0.363. The molecule has 0 unspecified atom stereocenters. The number of aryl methyl sites for hydroxylation is 2. The molecule has 33 heavy (non-hydrogen) atoms. The average Bonchev–Trinajstić information content (AvgIpc) is 2.82. The van der Waals surface area contributed by atoms with Crippen molar-refractivity contribution >= 4 is 23.3 Å². The molecule has 0 saturated heterocycles. The average molecular weight is 436 g/mol. The van der Waals surface area contributed by atoms with Crippen molar-refractivity contribution < 1.29 is 9.53 Å². The molecule has 0 saturated carbocycles. The highest BCUT2D eigenvalue weighted by atomic mass is 16.5. The minimum Gasteiger partial charge on any atom is -0.438 e. The second-order valence-corrected chi connectivity index (χ2v) is 7.42. The summed E-state index contributed by atoms with van der Waals surface area (Å²) >= 11 is 0. The third-order valence-electron chi connectivity index (χ3n) is 4.99. The first-order chi connectivity index (χ1) is 16.0. The van der Waals surface area contributed by atoms with Crippen molar-refractivity contribution in [2.45, 2.75) is 13.8 Å². The fourth-order valence-electron chi connectivity index (χ4n) is 3.24. The van der Waals surface area contributed by atoms with Crippen molar-refractivity contribution in [2.75, 3.05) is 5.32 Å². The van der Waals surface area contributed by atoms with Gasteiger partial charge in [-0.1, -0.05) is 36.4 Å². The molecule has 0 bridgehead atoms. The van der Waals surface area contributed by atoms with E-state index in [9.17, 15) is 14.9 Å². The van der Waals surface area contributed by atoms with E-state index in [0.717, 1.165) is 11.1 Å². The van der Waals surface area contributed by atoms with E-state index < -0.39 is 11.5 Å². The van der Waals surface area contributed by atoms with Crippen LogP contribution < -0.4 is 15.6 Å². The Kier molecular flexibility index (Phi) is 6.00. The fraction of sp³-hybridized carbons (Fsp3) is 0.0769. The normalized spacial score (nSPS) is 11.1. The predicted molar refractivity (Wildman–Crippen MR) is 126 cm³/mol. The van der Waals surface area contributed by atoms with Crippen LogP contribution in [0.5, 0.6) is 11.6 Å². The van der Waals surface area contributed by atoms with Crippen LogP contribution in [-0.4, -0.2) is 15.3 Å². The topological polar surface area (TPSA) is 96.5 Å². The third kappa shape index (κ3) is 4.65. The molecule has 2 aromatic carbocycles. The Balaban J connectivity index is 1.80. The highest BCUT2D eigenvalue weighted by Crippen LogP contribution is 2.24. The maximum absolute atomic E-state index is 13.2. The number of nitriles is 1. The summed E-state index contributed by atoms with van der Waals surface area (Å²) in [5, 5.41) is 12.4. The van der Waals surface area contributed by atoms with Gasteiger partial charge in [0.25, 0.3) is 11.5 Å². The van der Waals surface area contributed by atoms with Crippen LogP contribution >= 0.6 is 0 Å². The summed E-state index contributed by atoms with van der Waals surface area (Å²) in [6.07, 6.45) is 2.78. The van der Waals surface area contributed by atoms with Crippen LogP contribution in [0.15, 0.2) is 83.3 Å². The molecule has 7 heteroatoms. The smallest absolute Gasteiger partial charge is 0.269 e. The van der Waals surface area contributed by atoms with Crippen molar-refractivity contribution in [1.29, 1.82) is 5.26 Å². The van der Waals surface area contributed by atoms with Crippen molar-refractivity contribution in [1.82, 2.24) is 9.38 Å². The molecule has 0 fully saturated rings. The van der Waals surface area contributed by atoms with E-state index in [4.69, 9.17) is 4.74 Å². The number of ether oxygens (including phenoxy) is 1. The molecule has 4 rings (SSSR count). The van der Waals surface area contributed by atoms with Gasteiger partial charge in [-0.05, 0) is 61.4 Å². The van der Waals surface area contributed by atoms with Gasteiger partial charge in [-0.25, -0.2) is 0 Å². The van der Waals surface area contributed by atoms with Crippen LogP contribution in [0.1, 0.15) is 16.7 Å². The molecule has 2 aromatic heterocycles. The van der Waals surface area contributed by atoms with Gasteiger partial charge >= 0.3 is 0 Å². The molecule has 2 heterocycles. The second-order valence-electron chi connectivity index (χ2n) is 7.42. The number of pyridine rings is 1. The van der Waals surface area contributed by atoms with Gasteiger partial charge in [-0.2, -0.15) is 10.2 Å². The molecular formula is C26H20N4O3. The van der Waals surface area contributed by atoms with Gasteiger partial charge in [0.05, 0.1) is 0 Å². The molecule has 7 nitrogen and oxygen atoms in total. The number of benzene rings is 2. The molecular weight excluding hydrogens is 416 g/mol. The van der Waals surface area contributed by atoms with Gasteiger partial charge in [0.15, 0.2) is 0 Å². The van der Waals surface area contributed by atoms with Crippen LogP contribution in [0, 0.1) is 25.2 Å². The number of anilines is 1. The summed E-state index contributed by atoms with van der Waals surface area (Å²) in [5.41, 5.74) is 2.08. The van der Waals surface area contributed by atoms with Crippen molar-refractivity contribution in [3.8, 4) is 17.7 Å². The molecule has 1 N–H and O–H groups in total. The van der Waals surface area contributed by atoms with E-state index in [1.165, 1.54) is 10.5 Å². The van der Waals surface area contributed by atoms with Gasteiger partial charge in [0.1, 0.15) is 28.6 Å². The maximum atomic E-state index is 13.2. The van der Waals surface area contributed by atoms with Gasteiger partial charge in [0, 0.05) is 11.9 Å². The zero-order valence-electron chi connectivity index (χ0n) is 18.1. The Morgan fingerprint density at radius 3 is 2.61 bits per heavy atom. The zero-order valence-corrected chi connectivity index (χ0v) is 18.1. The number of para-hydroxylation sites is 1. The predicted octanol–water partition coefficient (Wildman–Crippen LogP) is 4.65. The number of nitrogens with zero attached hydrogens (tertiary/aromatic N) is 3. The van der Waals surface area contributed by atoms with Crippen molar-refractivity contribution in [3.63, 3.8) is 0 Å². The zero-order chi connectivity index (χ0) is 23.4. The number of aromatic nitrogens is 2. The number of nitrogens with one attached hydrogen (secondary N) is 1. The molecule has 0 aliphatic heterocycles. The van der Waals surface area contributed by atoms with Gasteiger partial charge < -0.3 is 10.1 Å². The third-order valence-corrected chi connectivity index (χ3v) is 4.99. The van der Waals surface area contributed by atoms with Crippen LogP contribution in [-0.2, 0) is 4.79 Å². The molecule has 4 aromatic rings. The summed E-state index contributed by atoms with van der Waals surface area (Å²) in [7, 11) is 0. The van der Waals surface area contributed by atoms with E-state index in [1.807, 2.05) is 44.2 Å². The Labute approximate surface area is 190 Å². The molecule has 1 amide bonds. The SMILES string of the molecule is Cc1ccc(C)c(NC(=O)/C(C#N)=C\c2c(Oc3ccccc3)nc3ccccn3c2=O)c1. The van der Waals surface area contributed by atoms with Gasteiger partial charge in [0.2, 0.25) is 5.88 Å². The lowest BCUT2D eigenvalue weighted by atomic mass is 10.1. The number of carbonyl (C=O) groups excluding carboxylic acids is 1. The first kappa shape index (κ1) is 21.5. The molecule has 0 spiro atoms. The molecule has 0 aliphatic carbocycles. The minimum atomic E-state index is -0.630. The van der Waals surface area contributed by atoms with Crippen LogP contribution in [0.25, 0.3) is 11.7 Å². The molecule has 0 atom stereocenters. The summed E-state index contributed by atoms with van der Waals surface area (Å²) in [4.78, 5) is 30.6. The molecule has 162 valence electrons. The number of rotatable bonds is 5. The van der Waals surface area contributed by atoms with Crippen molar-refractivity contribution in [2.24, 2.45) is 0 Å². The second kappa shape index (κ2) is 9.20. The van der Waals surface area contributed by atoms with E-state index >= 15 is 0 Å². The van der Waals surface area contributed by atoms with Crippen molar-refractivity contribution in [3.05, 3.63) is 106 Å². The molecule has 0 radical (unpaired) electrons. The lowest BCUT2D eigenvalue weighted by Gasteiger charge is -2.11. The van der Waals surface area contributed by atoms with Gasteiger partial charge in [-0.15, -0.1) is 0 Å². The first-order valence-electron chi connectivity index (χ1n) is 10.2. The van der Waals surface area contributed by atoms with E-state index in [0.29, 0.717) is 17.1 Å². The minimum absolute atomic E-state index is 0.00434. The lowest BCUT2D eigenvalue weighted by Crippen LogP contribution is -2.20. The Morgan fingerprint density at radius 1 is 1.09 bits per heavy atom. The molecule has 0 aliphatic rings.